The Bertz CT molecular complexity index is 1510. The van der Waals surface area contributed by atoms with Crippen molar-refractivity contribution in [2.24, 2.45) is 0 Å². The lowest BCUT2D eigenvalue weighted by Gasteiger charge is -2.15. The first kappa shape index (κ1) is 39.9. The van der Waals surface area contributed by atoms with Gasteiger partial charge in [0.15, 0.2) is 11.5 Å². The smallest absolute Gasteiger partial charge is 0.175 e. The largest absolute Gasteiger partial charge is 0.493 e. The normalized spacial score (nSPS) is 10.4. The highest BCUT2D eigenvalue weighted by molar-refractivity contribution is 9.10. The van der Waals surface area contributed by atoms with Crippen molar-refractivity contribution in [1.82, 2.24) is 5.32 Å². The Kier molecular flexibility index (Phi) is 18.7. The third-order valence-corrected chi connectivity index (χ3v) is 8.51. The Hall–Kier alpha value is -2.30. The minimum absolute atomic E-state index is 0. The van der Waals surface area contributed by atoms with E-state index in [0.29, 0.717) is 42.8 Å². The summed E-state index contributed by atoms with van der Waals surface area (Å²) >= 11 is 19.4. The van der Waals surface area contributed by atoms with Crippen molar-refractivity contribution in [3.63, 3.8) is 0 Å². The average Bonchev–Trinajstić information content (AvgIpc) is 3.02. The van der Waals surface area contributed by atoms with Gasteiger partial charge in [-0.05, 0) is 101 Å². The van der Waals surface area contributed by atoms with Gasteiger partial charge in [-0.25, -0.2) is 0 Å². The van der Waals surface area contributed by atoms with E-state index in [9.17, 15) is 0 Å². The quantitative estimate of drug-likeness (QED) is 0.104. The number of unbranched alkanes of at least 4 members (excludes halogenated alkanes) is 1. The van der Waals surface area contributed by atoms with Crippen LogP contribution < -0.4 is 19.5 Å². The van der Waals surface area contributed by atoms with Gasteiger partial charge >= 0.3 is 0 Å². The van der Waals surface area contributed by atoms with Gasteiger partial charge in [0.1, 0.15) is 19.0 Å². The number of rotatable bonds is 15. The number of hydrogen-bond donors (Lipinski definition) is 3. The number of methoxy groups -OCH3 is 1. The molecule has 4 aromatic rings. The van der Waals surface area contributed by atoms with Gasteiger partial charge in [0.2, 0.25) is 0 Å². The number of halogens is 4. The maximum atomic E-state index is 8.92. The second-order valence-corrected chi connectivity index (χ2v) is 12.8. The van der Waals surface area contributed by atoms with E-state index in [2.05, 4.69) is 43.2 Å². The number of ether oxygens (including phenoxy) is 3. The lowest BCUT2D eigenvalue weighted by atomic mass is 10.1. The number of aliphatic hydroxyl groups excluding tert-OH is 2. The summed E-state index contributed by atoms with van der Waals surface area (Å²) < 4.78 is 19.1. The predicted molar refractivity (Wildman–Crippen MR) is 197 cm³/mol. The molecule has 46 heavy (non-hydrogen) atoms. The third-order valence-electron chi connectivity index (χ3n) is 6.71. The fraction of sp³-hybridized carbons (Fsp3) is 0.333. The van der Waals surface area contributed by atoms with Crippen LogP contribution in [0.1, 0.15) is 48.1 Å². The maximum absolute atomic E-state index is 8.92. The van der Waals surface area contributed by atoms with Crippen LogP contribution in [0, 0.1) is 6.92 Å². The number of aryl methyl sites for hydroxylation is 2. The van der Waals surface area contributed by atoms with Crippen LogP contribution in [0.2, 0.25) is 10.0 Å². The van der Waals surface area contributed by atoms with Gasteiger partial charge in [-0.2, -0.15) is 0 Å². The molecule has 0 aliphatic rings. The second-order valence-electron chi connectivity index (χ2n) is 10.2. The molecule has 0 amide bonds. The molecule has 6 nitrogen and oxygen atoms in total. The molecule has 0 bridgehead atoms. The first-order valence-corrected chi connectivity index (χ1v) is 16.9. The summed E-state index contributed by atoms with van der Waals surface area (Å²) in [5, 5.41) is 22.3. The van der Waals surface area contributed by atoms with E-state index in [-0.39, 0.29) is 20.6 Å². The van der Waals surface area contributed by atoms with Gasteiger partial charge in [0, 0.05) is 45.3 Å². The monoisotopic (exact) mass is 797 g/mol. The minimum atomic E-state index is 0. The molecule has 0 aromatic heterocycles. The van der Waals surface area contributed by atoms with Gasteiger partial charge in [0.05, 0.1) is 18.2 Å². The lowest BCUT2D eigenvalue weighted by molar-refractivity contribution is 0.282. The molecule has 0 unspecified atom stereocenters. The Morgan fingerprint density at radius 2 is 1.50 bits per heavy atom. The highest BCUT2D eigenvalue weighted by Gasteiger charge is 2.13. The first-order chi connectivity index (χ1) is 21.7. The molecule has 0 heterocycles. The molecular formula is C36H43Br2Cl2NO5. The molecule has 0 fully saturated rings. The molecule has 0 atom stereocenters. The topological polar surface area (TPSA) is 80.2 Å². The number of aliphatic hydroxyl groups is 2. The zero-order valence-electron chi connectivity index (χ0n) is 25.4. The standard InChI is InChI=1S/C18H20BrClO2.C17H19BrClNO3.CH4/c1-13-5-6-15(17(20)10-13)12-22-18-8-7-16(19)11-14(18)4-2-3-9-21;1-22-16-9-12(10-20-6-7-21)8-14(18)17(16)23-11-13-4-2-3-5-15(13)19;/h5-8,10-11,21H,2-4,9,12H2,1H3;2-5,8-9,20-21H,6-7,10-11H2,1H3;1H4. The molecule has 250 valence electrons. The zero-order chi connectivity index (χ0) is 32.6. The molecule has 0 spiro atoms. The number of hydrogen-bond acceptors (Lipinski definition) is 6. The Morgan fingerprint density at radius 3 is 2.20 bits per heavy atom. The fourth-order valence-electron chi connectivity index (χ4n) is 4.33. The summed E-state index contributed by atoms with van der Waals surface area (Å²) in [6.45, 7) is 4.35. The van der Waals surface area contributed by atoms with Crippen molar-refractivity contribution in [3.05, 3.63) is 120 Å². The van der Waals surface area contributed by atoms with Crippen molar-refractivity contribution in [1.29, 1.82) is 0 Å². The molecular weight excluding hydrogens is 757 g/mol. The van der Waals surface area contributed by atoms with Crippen LogP contribution in [-0.4, -0.2) is 37.1 Å². The van der Waals surface area contributed by atoms with Crippen molar-refractivity contribution < 1.29 is 24.4 Å². The first-order valence-electron chi connectivity index (χ1n) is 14.6. The molecule has 10 heteroatoms. The summed E-state index contributed by atoms with van der Waals surface area (Å²) in [5.41, 5.74) is 5.22. The van der Waals surface area contributed by atoms with Crippen LogP contribution in [0.5, 0.6) is 17.2 Å². The van der Waals surface area contributed by atoms with Gasteiger partial charge < -0.3 is 29.7 Å². The summed E-state index contributed by atoms with van der Waals surface area (Å²) in [4.78, 5) is 0. The van der Waals surface area contributed by atoms with E-state index in [4.69, 9.17) is 47.6 Å². The highest BCUT2D eigenvalue weighted by Crippen LogP contribution is 2.37. The minimum Gasteiger partial charge on any atom is -0.493 e. The van der Waals surface area contributed by atoms with Crippen LogP contribution in [-0.2, 0) is 26.2 Å². The van der Waals surface area contributed by atoms with E-state index < -0.39 is 0 Å². The van der Waals surface area contributed by atoms with Gasteiger partial charge in [0.25, 0.3) is 0 Å². The van der Waals surface area contributed by atoms with Gasteiger partial charge in [-0.15, -0.1) is 0 Å². The van der Waals surface area contributed by atoms with Crippen LogP contribution in [0.15, 0.2) is 81.7 Å². The van der Waals surface area contributed by atoms with Crippen LogP contribution in [0.25, 0.3) is 0 Å². The molecule has 0 radical (unpaired) electrons. The van der Waals surface area contributed by atoms with E-state index in [1.165, 1.54) is 0 Å². The van der Waals surface area contributed by atoms with E-state index in [0.717, 1.165) is 66.8 Å². The number of benzene rings is 4. The Balaban J connectivity index is 0.000000314. The molecule has 0 aliphatic carbocycles. The van der Waals surface area contributed by atoms with Crippen molar-refractivity contribution in [2.75, 3.05) is 26.9 Å². The van der Waals surface area contributed by atoms with E-state index >= 15 is 0 Å². The van der Waals surface area contributed by atoms with E-state index in [1.807, 2.05) is 73.7 Å². The van der Waals surface area contributed by atoms with Crippen LogP contribution >= 0.6 is 55.1 Å². The number of nitrogens with one attached hydrogen (secondary N) is 1. The van der Waals surface area contributed by atoms with Gasteiger partial charge in [-0.3, -0.25) is 0 Å². The summed E-state index contributed by atoms with van der Waals surface area (Å²) in [6, 6.07) is 23.5. The second kappa shape index (κ2) is 21.5. The Labute approximate surface area is 300 Å². The van der Waals surface area contributed by atoms with Crippen LogP contribution in [0.4, 0.5) is 0 Å². The predicted octanol–water partition coefficient (Wildman–Crippen LogP) is 9.71. The molecule has 3 N–H and O–H groups in total. The molecule has 4 aromatic carbocycles. The van der Waals surface area contributed by atoms with Crippen molar-refractivity contribution in [2.45, 2.75) is 53.4 Å². The highest BCUT2D eigenvalue weighted by atomic mass is 79.9. The molecule has 0 saturated carbocycles. The van der Waals surface area contributed by atoms with E-state index in [1.54, 1.807) is 7.11 Å². The average molecular weight is 800 g/mol. The SMILES string of the molecule is C.COc1cc(CNCCO)cc(Br)c1OCc1ccccc1Cl.Cc1ccc(COc2ccc(Br)cc2CCCCO)c(Cl)c1. The lowest BCUT2D eigenvalue weighted by Crippen LogP contribution is -2.17. The maximum Gasteiger partial charge on any atom is 0.175 e. The molecule has 0 saturated heterocycles. The molecule has 4 rings (SSSR count). The van der Waals surface area contributed by atoms with Crippen LogP contribution in [0.3, 0.4) is 0 Å². The van der Waals surface area contributed by atoms with Crippen molar-refractivity contribution >= 4 is 55.1 Å². The molecule has 0 aliphatic heterocycles. The fourth-order valence-corrected chi connectivity index (χ4v) is 5.82. The van der Waals surface area contributed by atoms with Crippen molar-refractivity contribution in [3.8, 4) is 17.2 Å². The Morgan fingerprint density at radius 1 is 0.761 bits per heavy atom. The summed E-state index contributed by atoms with van der Waals surface area (Å²) in [5.74, 6) is 2.16. The summed E-state index contributed by atoms with van der Waals surface area (Å²) in [7, 11) is 1.61. The zero-order valence-corrected chi connectivity index (χ0v) is 30.1. The summed E-state index contributed by atoms with van der Waals surface area (Å²) in [6.07, 6.45) is 2.63. The third kappa shape index (κ3) is 13.1. The van der Waals surface area contributed by atoms with Gasteiger partial charge in [-0.1, -0.05) is 76.9 Å².